The van der Waals surface area contributed by atoms with E-state index in [0.717, 1.165) is 17.7 Å². The highest BCUT2D eigenvalue weighted by atomic mass is 32.3. The van der Waals surface area contributed by atoms with Gasteiger partial charge in [0.05, 0.1) is 11.3 Å². The topological polar surface area (TPSA) is 101 Å². The molecule has 0 saturated carbocycles. The van der Waals surface area contributed by atoms with Gasteiger partial charge in [-0.3, -0.25) is 19.0 Å². The first-order valence-electron chi connectivity index (χ1n) is 11.0. The smallest absolute Gasteiger partial charge is 0.269 e. The van der Waals surface area contributed by atoms with E-state index in [1.54, 1.807) is 6.92 Å². The number of hydrogen-bond donors (Lipinski definition) is 4. The van der Waals surface area contributed by atoms with Crippen LogP contribution < -0.4 is 5.32 Å². The molecule has 3 atom stereocenters. The van der Waals surface area contributed by atoms with Gasteiger partial charge in [-0.1, -0.05) is 30.3 Å². The Kier molecular flexibility index (Phi) is 7.04. The summed E-state index contributed by atoms with van der Waals surface area (Å²) in [6, 6.07) is 11.8. The van der Waals surface area contributed by atoms with Gasteiger partial charge >= 0.3 is 0 Å². The van der Waals surface area contributed by atoms with Crippen LogP contribution >= 0.6 is 10.8 Å². The summed E-state index contributed by atoms with van der Waals surface area (Å²) in [7, 11) is -3.28. The quantitative estimate of drug-likeness (QED) is 0.362. The Morgan fingerprint density at radius 2 is 1.94 bits per heavy atom. The van der Waals surface area contributed by atoms with Crippen molar-refractivity contribution in [2.45, 2.75) is 50.6 Å². The standard InChI is InChI=1S/C24H28F2N4O3S/c1-15-8-9-23(17-6-4-3-5-7-17)34(32,33)30(15)14-18-12-21(26)19(13-20(18)25)16(2)28-24(31)22-10-11-27-29-22/h3-7,10-13,15-16,23,32-33H,8-9,14H2,1-2H3,(H,27,29)(H,28,31)/t15-,16?,23+/m0/s1. The molecule has 10 heteroatoms. The molecule has 2 heterocycles. The van der Waals surface area contributed by atoms with Crippen LogP contribution in [-0.2, 0) is 6.54 Å². The predicted octanol–water partition coefficient (Wildman–Crippen LogP) is 5.57. The van der Waals surface area contributed by atoms with E-state index in [9.17, 15) is 18.3 Å². The molecule has 0 spiro atoms. The number of halogens is 2. The van der Waals surface area contributed by atoms with E-state index in [4.69, 9.17) is 0 Å². The Morgan fingerprint density at radius 1 is 1.21 bits per heavy atom. The summed E-state index contributed by atoms with van der Waals surface area (Å²) < 4.78 is 53.9. The van der Waals surface area contributed by atoms with Crippen molar-refractivity contribution in [3.63, 3.8) is 0 Å². The van der Waals surface area contributed by atoms with E-state index in [0.29, 0.717) is 12.8 Å². The zero-order valence-corrected chi connectivity index (χ0v) is 19.7. The molecule has 34 heavy (non-hydrogen) atoms. The highest BCUT2D eigenvalue weighted by molar-refractivity contribution is 8.22. The van der Waals surface area contributed by atoms with Crippen molar-refractivity contribution in [2.75, 3.05) is 0 Å². The minimum Gasteiger partial charge on any atom is -0.344 e. The molecule has 4 rings (SSSR count). The Labute approximate surface area is 198 Å². The summed E-state index contributed by atoms with van der Waals surface area (Å²) >= 11 is 0. The third-order valence-corrected chi connectivity index (χ3v) is 8.74. The third kappa shape index (κ3) is 4.85. The van der Waals surface area contributed by atoms with Crippen LogP contribution in [0.4, 0.5) is 8.78 Å². The molecule has 4 N–H and O–H groups in total. The van der Waals surface area contributed by atoms with E-state index in [1.807, 2.05) is 37.3 Å². The van der Waals surface area contributed by atoms with Gasteiger partial charge < -0.3 is 5.32 Å². The SMILES string of the molecule is CC(NC(=O)c1ccn[nH]1)c1cc(F)c(CN2[C@@H](C)CC[C@H](c3ccccc3)S2(O)O)cc1F. The fraction of sp³-hybridized carbons (Fsp3) is 0.333. The van der Waals surface area contributed by atoms with Crippen molar-refractivity contribution < 1.29 is 22.7 Å². The lowest BCUT2D eigenvalue weighted by Gasteiger charge is -2.54. The number of benzene rings is 2. The van der Waals surface area contributed by atoms with Crippen molar-refractivity contribution in [1.29, 1.82) is 0 Å². The van der Waals surface area contributed by atoms with Gasteiger partial charge in [-0.05, 0) is 50.5 Å². The van der Waals surface area contributed by atoms with Crippen LogP contribution in [0.1, 0.15) is 65.2 Å². The van der Waals surface area contributed by atoms with Crippen LogP contribution in [0.2, 0.25) is 0 Å². The van der Waals surface area contributed by atoms with Crippen molar-refractivity contribution in [1.82, 2.24) is 19.8 Å². The van der Waals surface area contributed by atoms with Crippen LogP contribution in [0.25, 0.3) is 0 Å². The molecule has 1 amide bonds. The van der Waals surface area contributed by atoms with E-state index >= 15 is 4.39 Å². The van der Waals surface area contributed by atoms with E-state index < -0.39 is 39.6 Å². The predicted molar refractivity (Wildman–Crippen MR) is 127 cm³/mol. The minimum atomic E-state index is -3.28. The average Bonchev–Trinajstić information content (AvgIpc) is 3.34. The largest absolute Gasteiger partial charge is 0.344 e. The van der Waals surface area contributed by atoms with Crippen LogP contribution in [0, 0.1) is 11.6 Å². The highest BCUT2D eigenvalue weighted by Gasteiger charge is 2.41. The molecule has 0 radical (unpaired) electrons. The van der Waals surface area contributed by atoms with Gasteiger partial charge in [0.2, 0.25) is 0 Å². The van der Waals surface area contributed by atoms with Gasteiger partial charge in [-0.15, -0.1) is 10.8 Å². The van der Waals surface area contributed by atoms with Crippen LogP contribution in [0.5, 0.6) is 0 Å². The second-order valence-electron chi connectivity index (χ2n) is 8.59. The van der Waals surface area contributed by atoms with Gasteiger partial charge in [0.25, 0.3) is 5.91 Å². The van der Waals surface area contributed by atoms with Gasteiger partial charge in [-0.2, -0.15) is 9.40 Å². The number of rotatable bonds is 6. The van der Waals surface area contributed by atoms with E-state index in [1.165, 1.54) is 16.6 Å². The van der Waals surface area contributed by atoms with Gasteiger partial charge in [-0.25, -0.2) is 8.78 Å². The minimum absolute atomic E-state index is 0.00502. The normalized spacial score (nSPS) is 22.2. The fourth-order valence-corrected chi connectivity index (χ4v) is 6.62. The van der Waals surface area contributed by atoms with Crippen LogP contribution in [0.3, 0.4) is 0 Å². The summed E-state index contributed by atoms with van der Waals surface area (Å²) in [6.45, 7) is 3.26. The van der Waals surface area contributed by atoms with Crippen molar-refractivity contribution in [3.8, 4) is 0 Å². The summed E-state index contributed by atoms with van der Waals surface area (Å²) in [5.41, 5.74) is 1.04. The second-order valence-corrected chi connectivity index (χ2v) is 10.8. The Balaban J connectivity index is 1.55. The zero-order chi connectivity index (χ0) is 24.5. The zero-order valence-electron chi connectivity index (χ0n) is 18.9. The van der Waals surface area contributed by atoms with Crippen molar-refractivity contribution in [2.24, 2.45) is 0 Å². The number of hydrogen-bond acceptors (Lipinski definition) is 5. The molecule has 3 aromatic rings. The first kappa shape index (κ1) is 24.3. The molecule has 0 aliphatic carbocycles. The van der Waals surface area contributed by atoms with Crippen LogP contribution in [-0.4, -0.2) is 35.6 Å². The maximum absolute atomic E-state index is 15.1. The maximum Gasteiger partial charge on any atom is 0.269 e. The molecule has 0 bridgehead atoms. The number of H-pyrrole nitrogens is 1. The molecule has 1 unspecified atom stereocenters. The second kappa shape index (κ2) is 9.83. The van der Waals surface area contributed by atoms with Crippen molar-refractivity contribution >= 4 is 16.7 Å². The Hall–Kier alpha value is -2.79. The van der Waals surface area contributed by atoms with Crippen molar-refractivity contribution in [3.05, 3.63) is 88.7 Å². The molecular weight excluding hydrogens is 462 g/mol. The number of carbonyl (C=O) groups excluding carboxylic acids is 1. The van der Waals surface area contributed by atoms with E-state index in [-0.39, 0.29) is 29.4 Å². The summed E-state index contributed by atoms with van der Waals surface area (Å²) in [5, 5.41) is 8.33. The molecule has 1 aromatic heterocycles. The molecule has 2 aromatic carbocycles. The average molecular weight is 491 g/mol. The molecule has 182 valence electrons. The first-order chi connectivity index (χ1) is 16.2. The highest BCUT2D eigenvalue weighted by Crippen LogP contribution is 2.63. The molecule has 1 aliphatic rings. The molecule has 7 nitrogen and oxygen atoms in total. The number of nitrogens with one attached hydrogen (secondary N) is 2. The monoisotopic (exact) mass is 490 g/mol. The van der Waals surface area contributed by atoms with Gasteiger partial charge in [0.1, 0.15) is 17.3 Å². The molecule has 1 saturated heterocycles. The lowest BCUT2D eigenvalue weighted by atomic mass is 10.0. The van der Waals surface area contributed by atoms with Gasteiger partial charge in [0.15, 0.2) is 0 Å². The number of nitrogens with zero attached hydrogens (tertiary/aromatic N) is 2. The lowest BCUT2D eigenvalue weighted by molar-refractivity contribution is 0.0934. The molecular formula is C24H28F2N4O3S. The maximum atomic E-state index is 15.1. The summed E-state index contributed by atoms with van der Waals surface area (Å²) in [6.07, 6.45) is 2.70. The van der Waals surface area contributed by atoms with Crippen LogP contribution in [0.15, 0.2) is 54.7 Å². The number of aromatic nitrogens is 2. The molecule has 1 aliphatic heterocycles. The first-order valence-corrected chi connectivity index (χ1v) is 12.6. The summed E-state index contributed by atoms with van der Waals surface area (Å²) in [5.74, 6) is -1.85. The number of amides is 1. The third-order valence-electron chi connectivity index (χ3n) is 6.29. The summed E-state index contributed by atoms with van der Waals surface area (Å²) in [4.78, 5) is 12.2. The number of carbonyl (C=O) groups is 1. The Morgan fingerprint density at radius 3 is 2.62 bits per heavy atom. The fourth-order valence-electron chi connectivity index (χ4n) is 4.35. The van der Waals surface area contributed by atoms with E-state index in [2.05, 4.69) is 15.5 Å². The lowest BCUT2D eigenvalue weighted by Crippen LogP contribution is -2.41. The number of aromatic amines is 1. The van der Waals surface area contributed by atoms with Gasteiger partial charge in [0, 0.05) is 29.9 Å². The molecule has 1 fully saturated rings. The Bertz CT molecular complexity index is 1140.